The van der Waals surface area contributed by atoms with E-state index >= 15 is 0 Å². The third-order valence-electron chi connectivity index (χ3n) is 2.66. The Labute approximate surface area is 120 Å². The van der Waals surface area contributed by atoms with Crippen LogP contribution in [0, 0.1) is 0 Å². The summed E-state index contributed by atoms with van der Waals surface area (Å²) in [6.45, 7) is 0.528. The number of hydrogen-bond donors (Lipinski definition) is 1. The van der Waals surface area contributed by atoms with E-state index in [1.165, 1.54) is 0 Å². The molecule has 2 rings (SSSR count). The Bertz CT molecular complexity index is 582. The number of anilines is 1. The van der Waals surface area contributed by atoms with E-state index in [0.717, 1.165) is 10.0 Å². The predicted molar refractivity (Wildman–Crippen MR) is 77.8 cm³/mol. The number of carbonyl (C=O) groups excluding carboxylic acids is 1. The molecule has 19 heavy (non-hydrogen) atoms. The van der Waals surface area contributed by atoms with Crippen molar-refractivity contribution in [2.75, 3.05) is 12.4 Å². The van der Waals surface area contributed by atoms with E-state index < -0.39 is 0 Å². The molecule has 0 saturated heterocycles. The molecule has 1 aromatic heterocycles. The summed E-state index contributed by atoms with van der Waals surface area (Å²) < 4.78 is 2.64. The van der Waals surface area contributed by atoms with Crippen molar-refractivity contribution in [3.8, 4) is 0 Å². The molecule has 0 fully saturated rings. The lowest BCUT2D eigenvalue weighted by atomic mass is 10.2. The van der Waals surface area contributed by atoms with Gasteiger partial charge in [0.1, 0.15) is 0 Å². The minimum atomic E-state index is -0.186. The summed E-state index contributed by atoms with van der Waals surface area (Å²) in [5.74, 6) is 0.548. The lowest BCUT2D eigenvalue weighted by molar-refractivity contribution is 0.220. The third kappa shape index (κ3) is 3.57. The van der Waals surface area contributed by atoms with Crippen molar-refractivity contribution >= 4 is 27.8 Å². The second kappa shape index (κ2) is 5.88. The molecule has 6 heteroatoms. The Hall–Kier alpha value is -1.82. The molecule has 100 valence electrons. The molecule has 0 spiro atoms. The van der Waals surface area contributed by atoms with Gasteiger partial charge in [-0.1, -0.05) is 34.1 Å². The second-order valence-corrected chi connectivity index (χ2v) is 5.11. The molecule has 0 saturated carbocycles. The zero-order valence-corrected chi connectivity index (χ0v) is 12.4. The van der Waals surface area contributed by atoms with Gasteiger partial charge < -0.3 is 4.90 Å². The van der Waals surface area contributed by atoms with Crippen LogP contribution in [0.2, 0.25) is 0 Å². The molecule has 2 amide bonds. The Balaban J connectivity index is 1.98. The van der Waals surface area contributed by atoms with Crippen molar-refractivity contribution in [2.45, 2.75) is 6.54 Å². The number of amides is 2. The number of benzene rings is 1. The third-order valence-corrected chi connectivity index (χ3v) is 3.43. The normalized spacial score (nSPS) is 10.3. The van der Waals surface area contributed by atoms with Gasteiger partial charge in [-0.05, 0) is 11.6 Å². The maximum absolute atomic E-state index is 12.0. The van der Waals surface area contributed by atoms with E-state index in [-0.39, 0.29) is 6.03 Å². The van der Waals surface area contributed by atoms with Gasteiger partial charge in [-0.25, -0.2) is 4.79 Å². The number of carbonyl (C=O) groups is 1. The highest BCUT2D eigenvalue weighted by Gasteiger charge is 2.11. The number of rotatable bonds is 3. The lowest BCUT2D eigenvalue weighted by Gasteiger charge is -2.17. The fraction of sp³-hybridized carbons (Fsp3) is 0.231. The number of aryl methyl sites for hydroxylation is 1. The van der Waals surface area contributed by atoms with Gasteiger partial charge in [0.05, 0.1) is 0 Å². The number of nitrogens with one attached hydrogen (secondary N) is 1. The van der Waals surface area contributed by atoms with Gasteiger partial charge in [-0.3, -0.25) is 10.00 Å². The van der Waals surface area contributed by atoms with Crippen molar-refractivity contribution < 1.29 is 4.79 Å². The maximum Gasteiger partial charge on any atom is 0.323 e. The summed E-state index contributed by atoms with van der Waals surface area (Å²) in [7, 11) is 3.55. The molecule has 0 atom stereocenters. The number of hydrogen-bond acceptors (Lipinski definition) is 2. The smallest absolute Gasteiger partial charge is 0.323 e. The summed E-state index contributed by atoms with van der Waals surface area (Å²) in [6, 6.07) is 9.40. The highest BCUT2D eigenvalue weighted by Crippen LogP contribution is 2.17. The summed E-state index contributed by atoms with van der Waals surface area (Å²) in [5, 5.41) is 6.85. The zero-order chi connectivity index (χ0) is 13.8. The average Bonchev–Trinajstić information content (AvgIpc) is 2.77. The van der Waals surface area contributed by atoms with Crippen LogP contribution < -0.4 is 5.32 Å². The first-order valence-electron chi connectivity index (χ1n) is 5.81. The summed E-state index contributed by atoms with van der Waals surface area (Å²) in [4.78, 5) is 13.6. The van der Waals surface area contributed by atoms with Crippen LogP contribution in [0.3, 0.4) is 0 Å². The monoisotopic (exact) mass is 322 g/mol. The highest BCUT2D eigenvalue weighted by atomic mass is 79.9. The maximum atomic E-state index is 12.0. The van der Waals surface area contributed by atoms with E-state index in [1.54, 1.807) is 35.9 Å². The molecular weight excluding hydrogens is 308 g/mol. The molecule has 0 aliphatic heterocycles. The van der Waals surface area contributed by atoms with Gasteiger partial charge in [0.2, 0.25) is 0 Å². The standard InChI is InChI=1S/C13H15BrN4O/c1-17(9-10-5-3-4-6-11(10)14)13(19)15-12-7-8-18(2)16-12/h3-8H,9H2,1-2H3,(H,15,16,19). The molecule has 1 N–H and O–H groups in total. The first-order valence-corrected chi connectivity index (χ1v) is 6.61. The number of urea groups is 1. The van der Waals surface area contributed by atoms with Crippen LogP contribution >= 0.6 is 15.9 Å². The second-order valence-electron chi connectivity index (χ2n) is 4.25. The SMILES string of the molecule is CN(Cc1ccccc1Br)C(=O)Nc1ccn(C)n1. The summed E-state index contributed by atoms with van der Waals surface area (Å²) in [5.41, 5.74) is 1.06. The first kappa shape index (κ1) is 13.6. The molecular formula is C13H15BrN4O. The predicted octanol–water partition coefficient (Wildman–Crippen LogP) is 2.85. The van der Waals surface area contributed by atoms with Crippen LogP contribution in [0.1, 0.15) is 5.56 Å². The van der Waals surface area contributed by atoms with Crippen LogP contribution in [-0.4, -0.2) is 27.8 Å². The van der Waals surface area contributed by atoms with E-state index in [9.17, 15) is 4.79 Å². The van der Waals surface area contributed by atoms with Crippen LogP contribution in [0.15, 0.2) is 41.0 Å². The Morgan fingerprint density at radius 1 is 1.42 bits per heavy atom. The van der Waals surface area contributed by atoms with Crippen molar-refractivity contribution in [1.29, 1.82) is 0 Å². The zero-order valence-electron chi connectivity index (χ0n) is 10.8. The fourth-order valence-corrected chi connectivity index (χ4v) is 2.05. The molecule has 0 unspecified atom stereocenters. The highest BCUT2D eigenvalue weighted by molar-refractivity contribution is 9.10. The molecule has 0 radical (unpaired) electrons. The van der Waals surface area contributed by atoms with Crippen molar-refractivity contribution in [1.82, 2.24) is 14.7 Å². The van der Waals surface area contributed by atoms with Gasteiger partial charge >= 0.3 is 6.03 Å². The Kier molecular flexibility index (Phi) is 4.21. The number of nitrogens with zero attached hydrogens (tertiary/aromatic N) is 3. The van der Waals surface area contributed by atoms with E-state index in [2.05, 4.69) is 26.3 Å². The van der Waals surface area contributed by atoms with Gasteiger partial charge in [-0.2, -0.15) is 5.10 Å². The van der Waals surface area contributed by atoms with Crippen molar-refractivity contribution in [2.24, 2.45) is 7.05 Å². The first-order chi connectivity index (χ1) is 9.06. The largest absolute Gasteiger partial charge is 0.323 e. The molecule has 0 aliphatic carbocycles. The van der Waals surface area contributed by atoms with Crippen LogP contribution in [-0.2, 0) is 13.6 Å². The lowest BCUT2D eigenvalue weighted by Crippen LogP contribution is -2.31. The molecule has 2 aromatic rings. The molecule has 5 nitrogen and oxygen atoms in total. The minimum Gasteiger partial charge on any atom is -0.323 e. The van der Waals surface area contributed by atoms with Crippen molar-refractivity contribution in [3.63, 3.8) is 0 Å². The van der Waals surface area contributed by atoms with Gasteiger partial charge in [0.15, 0.2) is 5.82 Å². The topological polar surface area (TPSA) is 50.2 Å². The van der Waals surface area contributed by atoms with E-state index in [1.807, 2.05) is 24.3 Å². The van der Waals surface area contributed by atoms with Crippen molar-refractivity contribution in [3.05, 3.63) is 46.6 Å². The molecule has 1 heterocycles. The Morgan fingerprint density at radius 3 is 2.79 bits per heavy atom. The molecule has 1 aromatic carbocycles. The van der Waals surface area contributed by atoms with E-state index in [0.29, 0.717) is 12.4 Å². The van der Waals surface area contributed by atoms with Crippen LogP contribution in [0.5, 0.6) is 0 Å². The number of aromatic nitrogens is 2. The van der Waals surface area contributed by atoms with Crippen LogP contribution in [0.25, 0.3) is 0 Å². The fourth-order valence-electron chi connectivity index (χ4n) is 1.64. The quantitative estimate of drug-likeness (QED) is 0.944. The molecule has 0 bridgehead atoms. The average molecular weight is 323 g/mol. The van der Waals surface area contributed by atoms with Crippen LogP contribution in [0.4, 0.5) is 10.6 Å². The van der Waals surface area contributed by atoms with Gasteiger partial charge in [0.25, 0.3) is 0 Å². The minimum absolute atomic E-state index is 0.186. The van der Waals surface area contributed by atoms with E-state index in [4.69, 9.17) is 0 Å². The summed E-state index contributed by atoms with van der Waals surface area (Å²) >= 11 is 3.47. The number of halogens is 1. The van der Waals surface area contributed by atoms with Gasteiger partial charge in [-0.15, -0.1) is 0 Å². The summed E-state index contributed by atoms with van der Waals surface area (Å²) in [6.07, 6.45) is 1.78. The van der Waals surface area contributed by atoms with Gasteiger partial charge in [0, 0.05) is 37.4 Å². The molecule has 0 aliphatic rings. The Morgan fingerprint density at radius 2 is 2.16 bits per heavy atom.